The normalized spacial score (nSPS) is 19.0. The van der Waals surface area contributed by atoms with Crippen molar-refractivity contribution in [3.05, 3.63) is 6.33 Å². The second-order valence-electron chi connectivity index (χ2n) is 3.98. The van der Waals surface area contributed by atoms with E-state index in [9.17, 15) is 4.79 Å². The minimum absolute atomic E-state index is 0.00655. The summed E-state index contributed by atoms with van der Waals surface area (Å²) in [4.78, 5) is 19.9. The number of rotatable bonds is 4. The van der Waals surface area contributed by atoms with E-state index < -0.39 is 0 Å². The fraction of sp³-hybridized carbons (Fsp3) is 0.545. The molecule has 0 spiro atoms. The van der Waals surface area contributed by atoms with Crippen molar-refractivity contribution >= 4 is 17.5 Å². The van der Waals surface area contributed by atoms with Gasteiger partial charge in [0.2, 0.25) is 11.7 Å². The quantitative estimate of drug-likeness (QED) is 0.709. The molecule has 1 aliphatic heterocycles. The standard InChI is InChI=1S/C11H17N5O2/c1-12-9-8(18-2)10(15-6-14-9)16-7-4-3-5-13-11(7)17/h6-7H,3-5H2,1-2H3,(H,13,17)(H2,12,14,15,16). The molecule has 1 saturated heterocycles. The zero-order chi connectivity index (χ0) is 13.0. The van der Waals surface area contributed by atoms with Gasteiger partial charge in [0.25, 0.3) is 0 Å². The van der Waals surface area contributed by atoms with Crippen LogP contribution in [0.3, 0.4) is 0 Å². The number of nitrogens with one attached hydrogen (secondary N) is 3. The smallest absolute Gasteiger partial charge is 0.242 e. The number of methoxy groups -OCH3 is 1. The monoisotopic (exact) mass is 251 g/mol. The van der Waals surface area contributed by atoms with Crippen LogP contribution in [0, 0.1) is 0 Å². The molecule has 1 unspecified atom stereocenters. The number of carbonyl (C=O) groups is 1. The molecule has 3 N–H and O–H groups in total. The van der Waals surface area contributed by atoms with E-state index in [-0.39, 0.29) is 11.9 Å². The van der Waals surface area contributed by atoms with Crippen LogP contribution in [0.4, 0.5) is 11.6 Å². The number of anilines is 2. The van der Waals surface area contributed by atoms with E-state index in [1.807, 2.05) is 0 Å². The minimum atomic E-state index is -0.271. The lowest BCUT2D eigenvalue weighted by molar-refractivity contribution is -0.123. The first-order chi connectivity index (χ1) is 8.76. The first-order valence-electron chi connectivity index (χ1n) is 5.87. The number of piperidine rings is 1. The Morgan fingerprint density at radius 3 is 2.89 bits per heavy atom. The van der Waals surface area contributed by atoms with Gasteiger partial charge >= 0.3 is 0 Å². The topological polar surface area (TPSA) is 88.2 Å². The number of hydrogen-bond acceptors (Lipinski definition) is 6. The molecule has 7 heteroatoms. The van der Waals surface area contributed by atoms with Gasteiger partial charge in [-0.25, -0.2) is 9.97 Å². The number of hydrogen-bond donors (Lipinski definition) is 3. The van der Waals surface area contributed by atoms with Crippen LogP contribution < -0.4 is 20.7 Å². The van der Waals surface area contributed by atoms with Crippen molar-refractivity contribution in [2.75, 3.05) is 31.3 Å². The molecule has 1 aromatic rings. The van der Waals surface area contributed by atoms with Gasteiger partial charge in [-0.3, -0.25) is 4.79 Å². The average Bonchev–Trinajstić information content (AvgIpc) is 2.41. The van der Waals surface area contributed by atoms with Gasteiger partial charge in [-0.05, 0) is 12.8 Å². The molecule has 1 fully saturated rings. The van der Waals surface area contributed by atoms with Gasteiger partial charge in [0.1, 0.15) is 12.4 Å². The highest BCUT2D eigenvalue weighted by Gasteiger charge is 2.24. The predicted molar refractivity (Wildman–Crippen MR) is 67.8 cm³/mol. The van der Waals surface area contributed by atoms with Crippen molar-refractivity contribution in [3.63, 3.8) is 0 Å². The Morgan fingerprint density at radius 1 is 1.44 bits per heavy atom. The van der Waals surface area contributed by atoms with Crippen LogP contribution in [0.5, 0.6) is 5.75 Å². The molecular weight excluding hydrogens is 234 g/mol. The van der Waals surface area contributed by atoms with Crippen LogP contribution in [0.1, 0.15) is 12.8 Å². The van der Waals surface area contributed by atoms with Crippen LogP contribution in [0.15, 0.2) is 6.33 Å². The molecule has 0 aromatic carbocycles. The second kappa shape index (κ2) is 5.52. The molecule has 1 amide bonds. The van der Waals surface area contributed by atoms with Crippen molar-refractivity contribution in [1.82, 2.24) is 15.3 Å². The Morgan fingerprint density at radius 2 is 2.22 bits per heavy atom. The Kier molecular flexibility index (Phi) is 3.81. The van der Waals surface area contributed by atoms with Crippen molar-refractivity contribution in [3.8, 4) is 5.75 Å². The number of aromatic nitrogens is 2. The van der Waals surface area contributed by atoms with E-state index in [2.05, 4.69) is 25.9 Å². The molecule has 0 aliphatic carbocycles. The van der Waals surface area contributed by atoms with Gasteiger partial charge in [-0.1, -0.05) is 0 Å². The van der Waals surface area contributed by atoms with Gasteiger partial charge in [-0.15, -0.1) is 0 Å². The Labute approximate surface area is 105 Å². The van der Waals surface area contributed by atoms with Gasteiger partial charge in [0.15, 0.2) is 11.6 Å². The summed E-state index contributed by atoms with van der Waals surface area (Å²) in [5.41, 5.74) is 0. The SMILES string of the molecule is CNc1ncnc(NC2CCCNC2=O)c1OC. The molecule has 7 nitrogen and oxygen atoms in total. The summed E-state index contributed by atoms with van der Waals surface area (Å²) in [6.45, 7) is 0.736. The molecule has 0 bridgehead atoms. The lowest BCUT2D eigenvalue weighted by atomic mass is 10.1. The highest BCUT2D eigenvalue weighted by atomic mass is 16.5. The molecular formula is C11H17N5O2. The fourth-order valence-corrected chi connectivity index (χ4v) is 1.92. The van der Waals surface area contributed by atoms with Crippen molar-refractivity contribution < 1.29 is 9.53 Å². The molecule has 98 valence electrons. The van der Waals surface area contributed by atoms with Crippen LogP contribution in [0.2, 0.25) is 0 Å². The number of amides is 1. The average molecular weight is 251 g/mol. The van der Waals surface area contributed by atoms with Crippen molar-refractivity contribution in [2.45, 2.75) is 18.9 Å². The minimum Gasteiger partial charge on any atom is -0.490 e. The third kappa shape index (κ3) is 2.44. The van der Waals surface area contributed by atoms with E-state index in [4.69, 9.17) is 4.74 Å². The Hall–Kier alpha value is -2.05. The van der Waals surface area contributed by atoms with Crippen LogP contribution in [-0.4, -0.2) is 42.6 Å². The number of carbonyl (C=O) groups excluding carboxylic acids is 1. The third-order valence-electron chi connectivity index (χ3n) is 2.84. The lowest BCUT2D eigenvalue weighted by Crippen LogP contribution is -2.44. The largest absolute Gasteiger partial charge is 0.490 e. The summed E-state index contributed by atoms with van der Waals surface area (Å²) >= 11 is 0. The first-order valence-corrected chi connectivity index (χ1v) is 5.87. The lowest BCUT2D eigenvalue weighted by Gasteiger charge is -2.24. The molecule has 0 radical (unpaired) electrons. The number of nitrogens with zero attached hydrogens (tertiary/aromatic N) is 2. The molecule has 2 heterocycles. The highest BCUT2D eigenvalue weighted by molar-refractivity contribution is 5.85. The maximum absolute atomic E-state index is 11.7. The summed E-state index contributed by atoms with van der Waals surface area (Å²) in [5.74, 6) is 1.62. The summed E-state index contributed by atoms with van der Waals surface area (Å²) < 4.78 is 5.26. The summed E-state index contributed by atoms with van der Waals surface area (Å²) in [7, 11) is 3.30. The zero-order valence-electron chi connectivity index (χ0n) is 10.5. The van der Waals surface area contributed by atoms with Gasteiger partial charge in [-0.2, -0.15) is 0 Å². The van der Waals surface area contributed by atoms with E-state index >= 15 is 0 Å². The summed E-state index contributed by atoms with van der Waals surface area (Å²) in [6.07, 6.45) is 3.17. The maximum atomic E-state index is 11.7. The molecule has 1 aromatic heterocycles. The second-order valence-corrected chi connectivity index (χ2v) is 3.98. The molecule has 1 aliphatic rings. The van der Waals surface area contributed by atoms with E-state index in [0.717, 1.165) is 19.4 Å². The number of ether oxygens (including phenoxy) is 1. The highest BCUT2D eigenvalue weighted by Crippen LogP contribution is 2.29. The molecule has 18 heavy (non-hydrogen) atoms. The third-order valence-corrected chi connectivity index (χ3v) is 2.84. The van der Waals surface area contributed by atoms with Crippen LogP contribution in [-0.2, 0) is 4.79 Å². The van der Waals surface area contributed by atoms with E-state index in [1.54, 1.807) is 14.2 Å². The van der Waals surface area contributed by atoms with Crippen molar-refractivity contribution in [1.29, 1.82) is 0 Å². The molecule has 2 rings (SSSR count). The Bertz CT molecular complexity index is 437. The van der Waals surface area contributed by atoms with Gasteiger partial charge in [0, 0.05) is 13.6 Å². The van der Waals surface area contributed by atoms with Crippen LogP contribution >= 0.6 is 0 Å². The van der Waals surface area contributed by atoms with Gasteiger partial charge in [0.05, 0.1) is 7.11 Å². The zero-order valence-corrected chi connectivity index (χ0v) is 10.5. The fourth-order valence-electron chi connectivity index (χ4n) is 1.92. The predicted octanol–water partition coefficient (Wildman–Crippen LogP) is 0.217. The maximum Gasteiger partial charge on any atom is 0.242 e. The molecule has 1 atom stereocenters. The Balaban J connectivity index is 2.20. The summed E-state index contributed by atoms with van der Waals surface area (Å²) in [6, 6.07) is -0.271. The van der Waals surface area contributed by atoms with Crippen molar-refractivity contribution in [2.24, 2.45) is 0 Å². The van der Waals surface area contributed by atoms with E-state index in [0.29, 0.717) is 17.4 Å². The van der Waals surface area contributed by atoms with Crippen LogP contribution in [0.25, 0.3) is 0 Å². The molecule has 0 saturated carbocycles. The first kappa shape index (κ1) is 12.4. The van der Waals surface area contributed by atoms with E-state index in [1.165, 1.54) is 6.33 Å². The summed E-state index contributed by atoms with van der Waals surface area (Å²) in [5, 5.41) is 8.83. The van der Waals surface area contributed by atoms with Gasteiger partial charge < -0.3 is 20.7 Å².